The molecule has 0 aliphatic rings. The van der Waals surface area contributed by atoms with Crippen LogP contribution in [0.2, 0.25) is 0 Å². The number of rotatable bonds is 9. The van der Waals surface area contributed by atoms with Crippen LogP contribution in [0.15, 0.2) is 78.9 Å². The Balaban J connectivity index is 1.75. The van der Waals surface area contributed by atoms with Gasteiger partial charge in [-0.1, -0.05) is 99.3 Å². The fourth-order valence-corrected chi connectivity index (χ4v) is 3.73. The molecule has 2 N–H and O–H groups in total. The summed E-state index contributed by atoms with van der Waals surface area (Å²) < 4.78 is 0. The van der Waals surface area contributed by atoms with Gasteiger partial charge in [-0.25, -0.2) is 0 Å². The van der Waals surface area contributed by atoms with E-state index in [9.17, 15) is 0 Å². The van der Waals surface area contributed by atoms with Gasteiger partial charge >= 0.3 is 0 Å². The maximum absolute atomic E-state index is 5.90. The van der Waals surface area contributed by atoms with E-state index in [4.69, 9.17) is 5.73 Å². The molecule has 1 nitrogen and oxygen atoms in total. The molecular formula is C26H31N. The SMILES string of the molecule is CCCCCCC(c1ccc(N)cc1)c1ccc(Cc2ccccc2)cc1. The zero-order valence-corrected chi connectivity index (χ0v) is 16.4. The smallest absolute Gasteiger partial charge is 0.0314 e. The number of nitrogens with two attached hydrogens (primary N) is 1. The summed E-state index contributed by atoms with van der Waals surface area (Å²) in [5.41, 5.74) is 12.2. The van der Waals surface area contributed by atoms with Crippen molar-refractivity contribution < 1.29 is 0 Å². The van der Waals surface area contributed by atoms with Crippen LogP contribution in [0.5, 0.6) is 0 Å². The van der Waals surface area contributed by atoms with E-state index in [0.717, 1.165) is 12.1 Å². The van der Waals surface area contributed by atoms with Crippen LogP contribution >= 0.6 is 0 Å². The third-order valence-corrected chi connectivity index (χ3v) is 5.32. The minimum absolute atomic E-state index is 0.452. The molecule has 0 fully saturated rings. The Morgan fingerprint density at radius 2 is 1.26 bits per heavy atom. The van der Waals surface area contributed by atoms with E-state index in [2.05, 4.69) is 73.7 Å². The van der Waals surface area contributed by atoms with Gasteiger partial charge in [0.25, 0.3) is 0 Å². The average Bonchev–Trinajstić information content (AvgIpc) is 2.71. The Kier molecular flexibility index (Phi) is 7.10. The van der Waals surface area contributed by atoms with Crippen molar-refractivity contribution in [3.8, 4) is 0 Å². The van der Waals surface area contributed by atoms with E-state index in [-0.39, 0.29) is 0 Å². The minimum Gasteiger partial charge on any atom is -0.399 e. The van der Waals surface area contributed by atoms with E-state index in [1.54, 1.807) is 0 Å². The first-order valence-corrected chi connectivity index (χ1v) is 10.2. The maximum atomic E-state index is 5.90. The Morgan fingerprint density at radius 3 is 1.89 bits per heavy atom. The van der Waals surface area contributed by atoms with Crippen molar-refractivity contribution in [2.45, 2.75) is 51.4 Å². The summed E-state index contributed by atoms with van der Waals surface area (Å²) in [5, 5.41) is 0. The largest absolute Gasteiger partial charge is 0.399 e. The van der Waals surface area contributed by atoms with E-state index >= 15 is 0 Å². The fraction of sp³-hybridized carbons (Fsp3) is 0.308. The first kappa shape index (κ1) is 19.2. The van der Waals surface area contributed by atoms with E-state index in [0.29, 0.717) is 5.92 Å². The molecule has 0 saturated heterocycles. The van der Waals surface area contributed by atoms with Gasteiger partial charge in [-0.05, 0) is 47.2 Å². The molecule has 0 saturated carbocycles. The van der Waals surface area contributed by atoms with Gasteiger partial charge in [0, 0.05) is 11.6 Å². The Labute approximate surface area is 164 Å². The highest BCUT2D eigenvalue weighted by atomic mass is 14.5. The van der Waals surface area contributed by atoms with Crippen LogP contribution in [-0.4, -0.2) is 0 Å². The van der Waals surface area contributed by atoms with Crippen LogP contribution in [0.1, 0.15) is 67.2 Å². The number of benzene rings is 3. The van der Waals surface area contributed by atoms with Crippen molar-refractivity contribution in [3.63, 3.8) is 0 Å². The molecule has 3 rings (SSSR count). The maximum Gasteiger partial charge on any atom is 0.0314 e. The number of nitrogen functional groups attached to an aromatic ring is 1. The summed E-state index contributed by atoms with van der Waals surface area (Å²) in [6.45, 7) is 2.27. The molecule has 3 aromatic carbocycles. The summed E-state index contributed by atoms with van der Waals surface area (Å²) in [5.74, 6) is 0.452. The van der Waals surface area contributed by atoms with Gasteiger partial charge in [0.2, 0.25) is 0 Å². The average molecular weight is 358 g/mol. The Morgan fingerprint density at radius 1 is 0.667 bits per heavy atom. The normalized spacial score (nSPS) is 12.0. The van der Waals surface area contributed by atoms with Crippen LogP contribution < -0.4 is 5.73 Å². The summed E-state index contributed by atoms with van der Waals surface area (Å²) in [7, 11) is 0. The Bertz CT molecular complexity index is 788. The molecular weight excluding hydrogens is 326 g/mol. The molecule has 0 spiro atoms. The van der Waals surface area contributed by atoms with Gasteiger partial charge in [-0.15, -0.1) is 0 Å². The second-order valence-electron chi connectivity index (χ2n) is 7.47. The molecule has 1 atom stereocenters. The van der Waals surface area contributed by atoms with Crippen molar-refractivity contribution in [3.05, 3.63) is 101 Å². The summed E-state index contributed by atoms with van der Waals surface area (Å²) in [4.78, 5) is 0. The molecule has 0 aromatic heterocycles. The molecule has 3 aromatic rings. The van der Waals surface area contributed by atoms with Crippen molar-refractivity contribution >= 4 is 5.69 Å². The molecule has 0 aliphatic carbocycles. The zero-order chi connectivity index (χ0) is 18.9. The summed E-state index contributed by atoms with van der Waals surface area (Å²) >= 11 is 0. The first-order valence-electron chi connectivity index (χ1n) is 10.2. The lowest BCUT2D eigenvalue weighted by atomic mass is 9.86. The molecule has 0 heterocycles. The first-order chi connectivity index (χ1) is 13.3. The van der Waals surface area contributed by atoms with Crippen LogP contribution in [0.3, 0.4) is 0 Å². The van der Waals surface area contributed by atoms with Crippen LogP contribution in [0.25, 0.3) is 0 Å². The topological polar surface area (TPSA) is 26.0 Å². The van der Waals surface area contributed by atoms with Crippen molar-refractivity contribution in [2.75, 3.05) is 5.73 Å². The summed E-state index contributed by atoms with van der Waals surface area (Å²) in [6.07, 6.45) is 7.38. The molecule has 0 radical (unpaired) electrons. The minimum atomic E-state index is 0.452. The lowest BCUT2D eigenvalue weighted by molar-refractivity contribution is 0.596. The number of anilines is 1. The van der Waals surface area contributed by atoms with Crippen molar-refractivity contribution in [1.29, 1.82) is 0 Å². The number of hydrogen-bond acceptors (Lipinski definition) is 1. The fourth-order valence-electron chi connectivity index (χ4n) is 3.73. The lowest BCUT2D eigenvalue weighted by Crippen LogP contribution is -2.02. The van der Waals surface area contributed by atoms with Gasteiger partial charge in [0.1, 0.15) is 0 Å². The number of unbranched alkanes of at least 4 members (excludes halogenated alkanes) is 3. The Hall–Kier alpha value is -2.54. The molecule has 0 aliphatic heterocycles. The van der Waals surface area contributed by atoms with Crippen LogP contribution in [-0.2, 0) is 6.42 Å². The van der Waals surface area contributed by atoms with Gasteiger partial charge in [-0.3, -0.25) is 0 Å². The van der Waals surface area contributed by atoms with E-state index < -0.39 is 0 Å². The highest BCUT2D eigenvalue weighted by molar-refractivity contribution is 5.43. The molecule has 27 heavy (non-hydrogen) atoms. The highest BCUT2D eigenvalue weighted by Crippen LogP contribution is 2.31. The second-order valence-corrected chi connectivity index (χ2v) is 7.47. The van der Waals surface area contributed by atoms with E-state index in [1.807, 2.05) is 12.1 Å². The molecule has 0 amide bonds. The molecule has 0 bridgehead atoms. The molecule has 1 unspecified atom stereocenters. The van der Waals surface area contributed by atoms with Crippen molar-refractivity contribution in [2.24, 2.45) is 0 Å². The second kappa shape index (κ2) is 9.97. The van der Waals surface area contributed by atoms with E-state index in [1.165, 1.54) is 54.4 Å². The van der Waals surface area contributed by atoms with Crippen LogP contribution in [0, 0.1) is 0 Å². The quantitative estimate of drug-likeness (QED) is 0.325. The van der Waals surface area contributed by atoms with Gasteiger partial charge in [0.05, 0.1) is 0 Å². The van der Waals surface area contributed by atoms with Gasteiger partial charge in [0.15, 0.2) is 0 Å². The highest BCUT2D eigenvalue weighted by Gasteiger charge is 2.14. The monoisotopic (exact) mass is 357 g/mol. The standard InChI is InChI=1S/C26H31N/c1-2-3-4-8-11-26(24-16-18-25(27)19-17-24)23-14-12-22(13-15-23)20-21-9-6-5-7-10-21/h5-7,9-10,12-19,26H,2-4,8,11,20,27H2,1H3. The summed E-state index contributed by atoms with van der Waals surface area (Å²) in [6, 6.07) is 28.3. The number of hydrogen-bond donors (Lipinski definition) is 1. The third-order valence-electron chi connectivity index (χ3n) is 5.32. The predicted octanol–water partition coefficient (Wildman–Crippen LogP) is 6.96. The third kappa shape index (κ3) is 5.72. The van der Waals surface area contributed by atoms with Gasteiger partial charge < -0.3 is 5.73 Å². The molecule has 1 heteroatoms. The molecule has 140 valence electrons. The van der Waals surface area contributed by atoms with Crippen LogP contribution in [0.4, 0.5) is 5.69 Å². The van der Waals surface area contributed by atoms with Gasteiger partial charge in [-0.2, -0.15) is 0 Å². The zero-order valence-electron chi connectivity index (χ0n) is 16.4. The lowest BCUT2D eigenvalue weighted by Gasteiger charge is -2.19. The predicted molar refractivity (Wildman–Crippen MR) is 117 cm³/mol. The van der Waals surface area contributed by atoms with Crippen molar-refractivity contribution in [1.82, 2.24) is 0 Å².